The summed E-state index contributed by atoms with van der Waals surface area (Å²) in [5, 5.41) is 12.3. The molecule has 0 radical (unpaired) electrons. The number of rotatable bonds is 5. The number of anilines is 2. The molecule has 20 heavy (non-hydrogen) atoms. The third-order valence-corrected chi connectivity index (χ3v) is 3.30. The summed E-state index contributed by atoms with van der Waals surface area (Å²) < 4.78 is 0. The maximum Gasteiger partial charge on any atom is 0.337 e. The fraction of sp³-hybridized carbons (Fsp3) is 0.188. The topological polar surface area (TPSA) is 75.3 Å². The van der Waals surface area contributed by atoms with Crippen LogP contribution in [0.2, 0.25) is 0 Å². The normalized spacial score (nSPS) is 11.8. The standard InChI is InChI=1S/C16H18N2O2/c1-11(12-6-3-2-4-7-12)10-18-14-9-5-8-13(15(14)17)16(19)20/h2-9,11,18H,10,17H2,1H3,(H,19,20). The van der Waals surface area contributed by atoms with Crippen molar-refractivity contribution in [1.82, 2.24) is 0 Å². The Morgan fingerprint density at radius 1 is 1.20 bits per heavy atom. The molecule has 4 N–H and O–H groups in total. The Labute approximate surface area is 118 Å². The van der Waals surface area contributed by atoms with Gasteiger partial charge in [-0.3, -0.25) is 0 Å². The van der Waals surface area contributed by atoms with Crippen LogP contribution in [0.3, 0.4) is 0 Å². The molecule has 0 fully saturated rings. The molecule has 0 amide bonds. The van der Waals surface area contributed by atoms with E-state index in [9.17, 15) is 4.79 Å². The lowest BCUT2D eigenvalue weighted by Gasteiger charge is -2.16. The minimum Gasteiger partial charge on any atom is -0.478 e. The molecule has 0 aliphatic rings. The van der Waals surface area contributed by atoms with Crippen molar-refractivity contribution in [1.29, 1.82) is 0 Å². The van der Waals surface area contributed by atoms with Crippen molar-refractivity contribution in [3.05, 3.63) is 59.7 Å². The van der Waals surface area contributed by atoms with Crippen molar-refractivity contribution < 1.29 is 9.90 Å². The summed E-state index contributed by atoms with van der Waals surface area (Å²) in [4.78, 5) is 11.0. The first-order chi connectivity index (χ1) is 9.59. The van der Waals surface area contributed by atoms with Crippen LogP contribution in [0.1, 0.15) is 28.8 Å². The van der Waals surface area contributed by atoms with Gasteiger partial charge in [-0.2, -0.15) is 0 Å². The van der Waals surface area contributed by atoms with Crippen molar-refractivity contribution in [2.75, 3.05) is 17.6 Å². The molecule has 2 aromatic carbocycles. The van der Waals surface area contributed by atoms with Gasteiger partial charge in [0.25, 0.3) is 0 Å². The average Bonchev–Trinajstić information content (AvgIpc) is 2.46. The number of hydrogen-bond donors (Lipinski definition) is 3. The predicted molar refractivity (Wildman–Crippen MR) is 81.2 cm³/mol. The number of para-hydroxylation sites is 1. The van der Waals surface area contributed by atoms with Gasteiger partial charge >= 0.3 is 5.97 Å². The third-order valence-electron chi connectivity index (χ3n) is 3.30. The number of aromatic carboxylic acids is 1. The van der Waals surface area contributed by atoms with Crippen LogP contribution in [-0.4, -0.2) is 17.6 Å². The lowest BCUT2D eigenvalue weighted by atomic mass is 10.0. The number of nitrogens with one attached hydrogen (secondary N) is 1. The first kappa shape index (κ1) is 13.9. The summed E-state index contributed by atoms with van der Waals surface area (Å²) in [6, 6.07) is 15.1. The Balaban J connectivity index is 2.08. The summed E-state index contributed by atoms with van der Waals surface area (Å²) in [6.45, 7) is 2.80. The number of carbonyl (C=O) groups is 1. The molecule has 0 bridgehead atoms. The van der Waals surface area contributed by atoms with Gasteiger partial charge in [-0.15, -0.1) is 0 Å². The smallest absolute Gasteiger partial charge is 0.337 e. The molecule has 0 aromatic heterocycles. The molecule has 4 nitrogen and oxygen atoms in total. The van der Waals surface area contributed by atoms with Gasteiger partial charge in [-0.1, -0.05) is 43.3 Å². The van der Waals surface area contributed by atoms with E-state index in [1.165, 1.54) is 11.6 Å². The summed E-state index contributed by atoms with van der Waals surface area (Å²) >= 11 is 0. The van der Waals surface area contributed by atoms with E-state index in [4.69, 9.17) is 10.8 Å². The van der Waals surface area contributed by atoms with Crippen LogP contribution < -0.4 is 11.1 Å². The maximum atomic E-state index is 11.0. The van der Waals surface area contributed by atoms with E-state index in [2.05, 4.69) is 24.4 Å². The molecule has 104 valence electrons. The van der Waals surface area contributed by atoms with Gasteiger partial charge < -0.3 is 16.2 Å². The van der Waals surface area contributed by atoms with Gasteiger partial charge in [0.15, 0.2) is 0 Å². The molecule has 2 aromatic rings. The fourth-order valence-corrected chi connectivity index (χ4v) is 2.07. The number of carboxylic acids is 1. The Morgan fingerprint density at radius 3 is 2.55 bits per heavy atom. The second-order valence-corrected chi connectivity index (χ2v) is 4.76. The lowest BCUT2D eigenvalue weighted by Crippen LogP contribution is -2.12. The summed E-state index contributed by atoms with van der Waals surface area (Å²) in [6.07, 6.45) is 0. The quantitative estimate of drug-likeness (QED) is 0.729. The summed E-state index contributed by atoms with van der Waals surface area (Å²) in [5.41, 5.74) is 8.16. The number of hydrogen-bond acceptors (Lipinski definition) is 3. The number of benzene rings is 2. The van der Waals surface area contributed by atoms with E-state index in [0.29, 0.717) is 18.2 Å². The number of nitrogens with two attached hydrogens (primary N) is 1. The van der Waals surface area contributed by atoms with Crippen LogP contribution in [0, 0.1) is 0 Å². The van der Waals surface area contributed by atoms with E-state index in [1.54, 1.807) is 12.1 Å². The Bertz CT molecular complexity index is 597. The zero-order valence-electron chi connectivity index (χ0n) is 11.3. The molecule has 0 aliphatic carbocycles. The van der Waals surface area contributed by atoms with Gasteiger partial charge in [0.2, 0.25) is 0 Å². The van der Waals surface area contributed by atoms with Crippen molar-refractivity contribution in [2.24, 2.45) is 0 Å². The zero-order chi connectivity index (χ0) is 14.5. The van der Waals surface area contributed by atoms with Gasteiger partial charge in [0.05, 0.1) is 16.9 Å². The average molecular weight is 270 g/mol. The van der Waals surface area contributed by atoms with E-state index >= 15 is 0 Å². The molecule has 4 heteroatoms. The van der Waals surface area contributed by atoms with Crippen molar-refractivity contribution >= 4 is 17.3 Å². The van der Waals surface area contributed by atoms with Crippen LogP contribution in [0.15, 0.2) is 48.5 Å². The SMILES string of the molecule is CC(CNc1cccc(C(=O)O)c1N)c1ccccc1. The summed E-state index contributed by atoms with van der Waals surface area (Å²) in [5.74, 6) is -0.702. The molecular formula is C16H18N2O2. The molecule has 0 aliphatic heterocycles. The van der Waals surface area contributed by atoms with Crippen molar-refractivity contribution in [2.45, 2.75) is 12.8 Å². The Morgan fingerprint density at radius 2 is 1.90 bits per heavy atom. The minimum absolute atomic E-state index is 0.127. The number of nitrogen functional groups attached to an aromatic ring is 1. The van der Waals surface area contributed by atoms with E-state index in [1.807, 2.05) is 18.2 Å². The first-order valence-electron chi connectivity index (χ1n) is 6.50. The monoisotopic (exact) mass is 270 g/mol. The van der Waals surface area contributed by atoms with Crippen LogP contribution in [0.5, 0.6) is 0 Å². The van der Waals surface area contributed by atoms with E-state index < -0.39 is 5.97 Å². The van der Waals surface area contributed by atoms with Gasteiger partial charge in [-0.25, -0.2) is 4.79 Å². The first-order valence-corrected chi connectivity index (χ1v) is 6.50. The second kappa shape index (κ2) is 6.10. The van der Waals surface area contributed by atoms with Crippen LogP contribution >= 0.6 is 0 Å². The molecule has 1 unspecified atom stereocenters. The van der Waals surface area contributed by atoms with Crippen LogP contribution in [0.25, 0.3) is 0 Å². The van der Waals surface area contributed by atoms with Gasteiger partial charge in [-0.05, 0) is 23.6 Å². The highest BCUT2D eigenvalue weighted by Crippen LogP contribution is 2.24. The molecule has 0 heterocycles. The molecule has 0 saturated heterocycles. The summed E-state index contributed by atoms with van der Waals surface area (Å²) in [7, 11) is 0. The molecule has 0 saturated carbocycles. The van der Waals surface area contributed by atoms with E-state index in [0.717, 1.165) is 0 Å². The number of carboxylic acid groups (broad SMARTS) is 1. The Kier molecular flexibility index (Phi) is 4.25. The van der Waals surface area contributed by atoms with Crippen molar-refractivity contribution in [3.63, 3.8) is 0 Å². The van der Waals surface area contributed by atoms with Crippen LogP contribution in [-0.2, 0) is 0 Å². The van der Waals surface area contributed by atoms with E-state index in [-0.39, 0.29) is 11.3 Å². The molecule has 2 rings (SSSR count). The van der Waals surface area contributed by atoms with Crippen molar-refractivity contribution in [3.8, 4) is 0 Å². The second-order valence-electron chi connectivity index (χ2n) is 4.76. The Hall–Kier alpha value is -2.49. The maximum absolute atomic E-state index is 11.0. The molecular weight excluding hydrogens is 252 g/mol. The largest absolute Gasteiger partial charge is 0.478 e. The van der Waals surface area contributed by atoms with Gasteiger partial charge in [0, 0.05) is 6.54 Å². The molecule has 1 atom stereocenters. The highest BCUT2D eigenvalue weighted by Gasteiger charge is 2.11. The zero-order valence-corrected chi connectivity index (χ0v) is 11.3. The highest BCUT2D eigenvalue weighted by molar-refractivity contribution is 5.97. The minimum atomic E-state index is -1.01. The third kappa shape index (κ3) is 3.09. The predicted octanol–water partition coefficient (Wildman–Crippen LogP) is 3.18. The molecule has 0 spiro atoms. The fourth-order valence-electron chi connectivity index (χ4n) is 2.07. The van der Waals surface area contributed by atoms with Gasteiger partial charge in [0.1, 0.15) is 0 Å². The van der Waals surface area contributed by atoms with Crippen LogP contribution in [0.4, 0.5) is 11.4 Å². The lowest BCUT2D eigenvalue weighted by molar-refractivity contribution is 0.0698. The highest BCUT2D eigenvalue weighted by atomic mass is 16.4.